The number of hydrogen-bond acceptors (Lipinski definition) is 1. The fourth-order valence-corrected chi connectivity index (χ4v) is 3.18. The topological polar surface area (TPSA) is 20.2 Å². The molecule has 0 aromatic carbocycles. The van der Waals surface area contributed by atoms with Gasteiger partial charge in [-0.1, -0.05) is 5.94 Å². The third-order valence-electron chi connectivity index (χ3n) is 0.756. The monoisotopic (exact) mass is 134 g/mol. The Balaban J connectivity index is 3.15. The Labute approximate surface area is 49.0 Å². The van der Waals surface area contributed by atoms with E-state index in [2.05, 4.69) is 9.12 Å². The first-order valence-corrected chi connectivity index (χ1v) is 6.46. The Kier molecular flexibility index (Phi) is 3.13. The zero-order valence-corrected chi connectivity index (χ0v) is 7.09. The van der Waals surface area contributed by atoms with Crippen LogP contribution < -0.4 is 0 Å². The normalized spacial score (nSPS) is 11.4. The van der Waals surface area contributed by atoms with Crippen molar-refractivity contribution in [1.29, 1.82) is 0 Å². The maximum Gasteiger partial charge on any atom is 0.175 e. The highest BCUT2D eigenvalue weighted by Gasteiger charge is 2.13. The summed E-state index contributed by atoms with van der Waals surface area (Å²) >= 11 is 0. The Morgan fingerprint density at radius 1 is 1.71 bits per heavy atom. The first kappa shape index (κ1) is 7.67. The first-order valence-electron chi connectivity index (χ1n) is 2.49. The number of hydrogen-bond donors (Lipinski definition) is 1. The molecule has 0 spiro atoms. The third kappa shape index (κ3) is 6.67. The van der Waals surface area contributed by atoms with Crippen molar-refractivity contribution < 1.29 is 4.80 Å². The molecule has 0 aliphatic carbocycles. The largest absolute Gasteiger partial charge is 0.433 e. The van der Waals surface area contributed by atoms with Gasteiger partial charge in [0.15, 0.2) is 8.32 Å². The summed E-state index contributed by atoms with van der Waals surface area (Å²) in [6.07, 6.45) is 0. The molecule has 0 fully saturated rings. The zero-order valence-electron chi connectivity index (χ0n) is 4.94. The van der Waals surface area contributed by atoms with E-state index in [1.807, 2.05) is 13.1 Å². The van der Waals surface area contributed by atoms with Gasteiger partial charge < -0.3 is 4.80 Å². The van der Waals surface area contributed by atoms with Crippen molar-refractivity contribution in [2.24, 2.45) is 0 Å². The lowest BCUT2D eigenvalue weighted by molar-refractivity contribution is 0.558. The van der Waals surface area contributed by atoms with Crippen molar-refractivity contribution in [3.8, 4) is 0 Å². The van der Waals surface area contributed by atoms with Gasteiger partial charge in [0, 0.05) is 0 Å². The molecule has 1 atom stereocenters. The van der Waals surface area contributed by atoms with Crippen LogP contribution in [0, 0.1) is 0 Å². The molecule has 0 aliphatic heterocycles. The van der Waals surface area contributed by atoms with Crippen molar-refractivity contribution in [2.45, 2.75) is 19.0 Å². The van der Waals surface area contributed by atoms with Crippen LogP contribution in [0.3, 0.4) is 0 Å². The van der Waals surface area contributed by atoms with Crippen LogP contribution in [0.1, 0.15) is 0 Å². The molecule has 0 aromatic heterocycles. The van der Waals surface area contributed by atoms with Gasteiger partial charge in [0.1, 0.15) is 7.00 Å². The molecule has 1 N–H and O–H groups in total. The lowest BCUT2D eigenvalue weighted by atomic mass is 10.2. The van der Waals surface area contributed by atoms with E-state index in [0.29, 0.717) is 0 Å². The second-order valence-electron chi connectivity index (χ2n) is 2.35. The van der Waals surface area contributed by atoms with Crippen LogP contribution in [-0.4, -0.2) is 20.1 Å². The van der Waals surface area contributed by atoms with Gasteiger partial charge in [-0.2, -0.15) is 9.12 Å². The van der Waals surface area contributed by atoms with E-state index in [1.165, 1.54) is 0 Å². The fourth-order valence-electron chi connectivity index (χ4n) is 0.353. The van der Waals surface area contributed by atoms with Crippen LogP contribution >= 0.6 is 9.12 Å². The van der Waals surface area contributed by atoms with Gasteiger partial charge in [-0.05, 0) is 13.1 Å². The van der Waals surface area contributed by atoms with E-state index in [9.17, 15) is 0 Å². The minimum absolute atomic E-state index is 0.998. The van der Waals surface area contributed by atoms with E-state index < -0.39 is 8.32 Å². The molecule has 7 heavy (non-hydrogen) atoms. The summed E-state index contributed by atoms with van der Waals surface area (Å²) < 4.78 is 0. The second-order valence-corrected chi connectivity index (χ2v) is 7.05. The summed E-state index contributed by atoms with van der Waals surface area (Å²) in [5.74, 6) is 0.998. The van der Waals surface area contributed by atoms with Gasteiger partial charge in [-0.25, -0.2) is 0 Å². The minimum atomic E-state index is -1.68. The smallest absolute Gasteiger partial charge is 0.175 e. The second kappa shape index (κ2) is 2.85. The molecule has 0 aromatic rings. The van der Waals surface area contributed by atoms with Crippen LogP contribution in [-0.2, 0) is 0 Å². The summed E-state index contributed by atoms with van der Waals surface area (Å²) in [6.45, 7) is 4.95. The quantitative estimate of drug-likeness (QED) is 0.427. The molecule has 0 saturated heterocycles. The van der Waals surface area contributed by atoms with Gasteiger partial charge in [0.25, 0.3) is 0 Å². The van der Waals surface area contributed by atoms with Crippen molar-refractivity contribution in [1.82, 2.24) is 0 Å². The summed E-state index contributed by atoms with van der Waals surface area (Å²) in [7, 11) is 0.939. The van der Waals surface area contributed by atoms with Crippen LogP contribution in [0.2, 0.25) is 19.0 Å². The Morgan fingerprint density at radius 3 is 2.14 bits per heavy atom. The molecule has 0 radical (unpaired) electrons. The number of rotatable bonds is 2. The lowest BCUT2D eigenvalue weighted by Crippen LogP contribution is -2.25. The van der Waals surface area contributed by atoms with Crippen molar-refractivity contribution in [2.75, 3.05) is 0 Å². The van der Waals surface area contributed by atoms with Crippen molar-refractivity contribution in [3.63, 3.8) is 0 Å². The van der Waals surface area contributed by atoms with Crippen LogP contribution in [0.25, 0.3) is 0 Å². The van der Waals surface area contributed by atoms with E-state index >= 15 is 0 Å². The fraction of sp³-hybridized carbons (Fsp3) is 1.00. The summed E-state index contributed by atoms with van der Waals surface area (Å²) in [4.78, 5) is 9.14. The lowest BCUT2D eigenvalue weighted by Gasteiger charge is -2.09. The Bertz CT molecular complexity index is 53.4. The third-order valence-corrected chi connectivity index (χ3v) is 3.13. The molecular weight excluding hydrogens is 122 g/mol. The molecule has 42 valence electrons. The molecule has 0 amide bonds. The van der Waals surface area contributed by atoms with Crippen molar-refractivity contribution in [3.05, 3.63) is 0 Å². The zero-order chi connectivity index (χ0) is 5.91. The predicted octanol–water partition coefficient (Wildman–Crippen LogP) is 0.368. The predicted molar refractivity (Wildman–Crippen MR) is 41.4 cm³/mol. The average Bonchev–Trinajstić information content (AvgIpc) is 1.30. The molecule has 0 heterocycles. The molecule has 0 rings (SSSR count). The molecule has 0 bridgehead atoms. The Morgan fingerprint density at radius 2 is 2.14 bits per heavy atom. The maximum absolute atomic E-state index is 9.14. The van der Waals surface area contributed by atoms with E-state index in [4.69, 9.17) is 4.80 Å². The standard InChI is InChI=1S/C3H12BOPSi/c1-7(2,5)3-4-6/h4-5H,3,6H2,1-2H3. The van der Waals surface area contributed by atoms with E-state index in [-0.39, 0.29) is 0 Å². The molecule has 0 saturated carbocycles. The maximum atomic E-state index is 9.14. The van der Waals surface area contributed by atoms with Gasteiger partial charge in [-0.3, -0.25) is 0 Å². The highest BCUT2D eigenvalue weighted by atomic mass is 31.0. The van der Waals surface area contributed by atoms with Crippen LogP contribution in [0.5, 0.6) is 0 Å². The van der Waals surface area contributed by atoms with Crippen molar-refractivity contribution >= 4 is 24.4 Å². The summed E-state index contributed by atoms with van der Waals surface area (Å²) in [5.41, 5.74) is 0. The van der Waals surface area contributed by atoms with E-state index in [1.54, 1.807) is 0 Å². The van der Waals surface area contributed by atoms with Crippen LogP contribution in [0.4, 0.5) is 0 Å². The highest BCUT2D eigenvalue weighted by Crippen LogP contribution is 2.03. The minimum Gasteiger partial charge on any atom is -0.433 e. The SMILES string of the molecule is C[Si](C)(O)CBP. The first-order chi connectivity index (χ1) is 3.06. The molecular formula is C3H12BOPSi. The molecule has 4 heteroatoms. The van der Waals surface area contributed by atoms with Gasteiger partial charge in [0.2, 0.25) is 0 Å². The van der Waals surface area contributed by atoms with Gasteiger partial charge in [-0.15, -0.1) is 0 Å². The Hall–Kier alpha value is 0.672. The van der Waals surface area contributed by atoms with E-state index in [0.717, 1.165) is 12.9 Å². The molecule has 1 nitrogen and oxygen atoms in total. The van der Waals surface area contributed by atoms with Crippen LogP contribution in [0.15, 0.2) is 0 Å². The summed E-state index contributed by atoms with van der Waals surface area (Å²) in [6, 6.07) is 0. The average molecular weight is 134 g/mol. The molecule has 1 unspecified atom stereocenters. The summed E-state index contributed by atoms with van der Waals surface area (Å²) in [5, 5.41) is 0. The van der Waals surface area contributed by atoms with Gasteiger partial charge >= 0.3 is 0 Å². The molecule has 0 aliphatic rings. The highest BCUT2D eigenvalue weighted by molar-refractivity contribution is 7.56. The van der Waals surface area contributed by atoms with Gasteiger partial charge in [0.05, 0.1) is 0 Å².